The predicted octanol–water partition coefficient (Wildman–Crippen LogP) is 5.96. The van der Waals surface area contributed by atoms with E-state index in [0.29, 0.717) is 38.4 Å². The third-order valence-electron chi connectivity index (χ3n) is 9.46. The molecule has 2 rings (SSSR count). The molecule has 2 fully saturated rings. The Kier molecular flexibility index (Phi) is 17.8. The van der Waals surface area contributed by atoms with Crippen molar-refractivity contribution in [1.82, 2.24) is 9.80 Å². The van der Waals surface area contributed by atoms with Gasteiger partial charge in [0.2, 0.25) is 0 Å². The van der Waals surface area contributed by atoms with Crippen molar-refractivity contribution in [3.8, 4) is 0 Å². The minimum absolute atomic E-state index is 0.154. The van der Waals surface area contributed by atoms with Gasteiger partial charge in [0.1, 0.15) is 11.7 Å². The second-order valence-corrected chi connectivity index (χ2v) is 13.9. The van der Waals surface area contributed by atoms with E-state index in [9.17, 15) is 24.6 Å². The highest BCUT2D eigenvalue weighted by Crippen LogP contribution is 2.27. The minimum Gasteiger partial charge on any atom is -0.469 e. The number of methoxy groups -OCH3 is 1. The van der Waals surface area contributed by atoms with Crippen LogP contribution in [0, 0.1) is 11.8 Å². The number of aliphatic hydroxyl groups excluding tert-OH is 1. The minimum atomic E-state index is -1.43. The van der Waals surface area contributed by atoms with Crippen molar-refractivity contribution in [2.45, 2.75) is 136 Å². The van der Waals surface area contributed by atoms with Gasteiger partial charge in [0.25, 0.3) is 0 Å². The van der Waals surface area contributed by atoms with Crippen LogP contribution in [0.25, 0.3) is 0 Å². The Morgan fingerprint density at radius 2 is 1.55 bits per heavy atom. The number of allylic oxidation sites excluding steroid dienone is 3. The number of rotatable bonds is 16. The summed E-state index contributed by atoms with van der Waals surface area (Å²) in [6, 6.07) is 0.585. The van der Waals surface area contributed by atoms with Crippen LogP contribution in [0.4, 0.5) is 4.79 Å². The zero-order valence-corrected chi connectivity index (χ0v) is 30.0. The lowest BCUT2D eigenvalue weighted by molar-refractivity contribution is -0.146. The number of ether oxygens (including phenoxy) is 3. The fraction of sp³-hybridized carbons (Fsp3) is 0.757. The van der Waals surface area contributed by atoms with Gasteiger partial charge < -0.3 is 29.3 Å². The van der Waals surface area contributed by atoms with E-state index in [4.69, 9.17) is 14.2 Å². The number of esters is 2. The molecule has 2 N–H and O–H groups in total. The molecule has 0 radical (unpaired) electrons. The maximum Gasteiger partial charge on any atom is 0.410 e. The normalized spacial score (nSPS) is 21.8. The molecule has 0 unspecified atom stereocenters. The van der Waals surface area contributed by atoms with Gasteiger partial charge in [-0.05, 0) is 70.4 Å². The van der Waals surface area contributed by atoms with E-state index in [1.54, 1.807) is 24.8 Å². The van der Waals surface area contributed by atoms with Crippen LogP contribution in [0.15, 0.2) is 36.0 Å². The first-order valence-corrected chi connectivity index (χ1v) is 17.6. The highest BCUT2D eigenvalue weighted by atomic mass is 16.6. The van der Waals surface area contributed by atoms with Gasteiger partial charge in [0.05, 0.1) is 13.2 Å². The van der Waals surface area contributed by atoms with Gasteiger partial charge in [-0.15, -0.1) is 0 Å². The van der Waals surface area contributed by atoms with Crippen LogP contribution in [0.2, 0.25) is 0 Å². The molecule has 1 amide bonds. The van der Waals surface area contributed by atoms with Gasteiger partial charge in [-0.3, -0.25) is 14.5 Å². The van der Waals surface area contributed by atoms with Gasteiger partial charge in [-0.1, -0.05) is 63.8 Å². The zero-order chi connectivity index (χ0) is 35.0. The second-order valence-electron chi connectivity index (χ2n) is 13.9. The van der Waals surface area contributed by atoms with Crippen molar-refractivity contribution in [2.75, 3.05) is 33.3 Å². The van der Waals surface area contributed by atoms with Gasteiger partial charge in [-0.2, -0.15) is 0 Å². The lowest BCUT2D eigenvalue weighted by atomic mass is 9.89. The fourth-order valence-corrected chi connectivity index (χ4v) is 6.30. The first-order chi connectivity index (χ1) is 22.2. The molecule has 0 bridgehead atoms. The summed E-state index contributed by atoms with van der Waals surface area (Å²) in [6.45, 7) is 13.2. The number of aliphatic hydroxyl groups is 2. The number of amides is 1. The maximum absolute atomic E-state index is 13.4. The SMILES string of the molecule is COC(=O)CC[C@H](C)/C=C/C=C(\C)[C@@H](OC(C)=O)[C@@H](C)/C=C/[C@H](OC(=O)N1CCN(C2CCCCCC2)CC1)[C@](C)(O)CC[C@H](C)O. The number of carbonyl (C=O) groups is 3. The lowest BCUT2D eigenvalue weighted by Gasteiger charge is -2.40. The van der Waals surface area contributed by atoms with Crippen molar-refractivity contribution < 1.29 is 38.8 Å². The molecule has 0 spiro atoms. The quantitative estimate of drug-likeness (QED) is 0.0677. The molecule has 1 saturated heterocycles. The molecule has 6 atom stereocenters. The van der Waals surface area contributed by atoms with E-state index in [0.717, 1.165) is 18.7 Å². The van der Waals surface area contributed by atoms with Crippen molar-refractivity contribution in [2.24, 2.45) is 11.8 Å². The molecule has 1 aliphatic heterocycles. The van der Waals surface area contributed by atoms with Crippen LogP contribution in [0.1, 0.15) is 106 Å². The molecule has 10 nitrogen and oxygen atoms in total. The van der Waals surface area contributed by atoms with E-state index in [1.807, 2.05) is 45.1 Å². The molecule has 0 aromatic rings. The van der Waals surface area contributed by atoms with Crippen LogP contribution in [0.3, 0.4) is 0 Å². The predicted molar refractivity (Wildman–Crippen MR) is 184 cm³/mol. The Morgan fingerprint density at radius 1 is 0.915 bits per heavy atom. The molecule has 1 heterocycles. The molecule has 268 valence electrons. The van der Waals surface area contributed by atoms with Crippen molar-refractivity contribution in [3.63, 3.8) is 0 Å². The lowest BCUT2D eigenvalue weighted by Crippen LogP contribution is -2.53. The second kappa shape index (κ2) is 20.6. The molecule has 2 aliphatic rings. The Bertz CT molecular complexity index is 1050. The van der Waals surface area contributed by atoms with Gasteiger partial charge in [-0.25, -0.2) is 4.79 Å². The summed E-state index contributed by atoms with van der Waals surface area (Å²) in [5, 5.41) is 21.4. The monoisotopic (exact) mass is 662 g/mol. The van der Waals surface area contributed by atoms with E-state index >= 15 is 0 Å². The smallest absolute Gasteiger partial charge is 0.410 e. The highest BCUT2D eigenvalue weighted by Gasteiger charge is 2.36. The maximum atomic E-state index is 13.4. The first kappa shape index (κ1) is 40.5. The Labute approximate surface area is 283 Å². The average Bonchev–Trinajstić information content (AvgIpc) is 3.33. The van der Waals surface area contributed by atoms with Crippen LogP contribution in [-0.4, -0.2) is 101 Å². The Morgan fingerprint density at radius 3 is 2.13 bits per heavy atom. The number of hydrogen-bond acceptors (Lipinski definition) is 9. The first-order valence-electron chi connectivity index (χ1n) is 17.6. The summed E-state index contributed by atoms with van der Waals surface area (Å²) in [6.07, 6.45) is 15.8. The summed E-state index contributed by atoms with van der Waals surface area (Å²) in [5.41, 5.74) is -0.620. The molecule has 47 heavy (non-hydrogen) atoms. The summed E-state index contributed by atoms with van der Waals surface area (Å²) < 4.78 is 16.4. The summed E-state index contributed by atoms with van der Waals surface area (Å²) in [7, 11) is 1.38. The third-order valence-corrected chi connectivity index (χ3v) is 9.46. The molecule has 1 saturated carbocycles. The van der Waals surface area contributed by atoms with E-state index in [1.165, 1.54) is 52.6 Å². The number of piperazine rings is 1. The number of nitrogens with zero attached hydrogens (tertiary/aromatic N) is 2. The zero-order valence-electron chi connectivity index (χ0n) is 30.0. The Hall–Kier alpha value is -2.69. The van der Waals surface area contributed by atoms with Crippen LogP contribution < -0.4 is 0 Å². The topological polar surface area (TPSA) is 126 Å². The molecular formula is C37H62N2O8. The van der Waals surface area contributed by atoms with Crippen LogP contribution >= 0.6 is 0 Å². The highest BCUT2D eigenvalue weighted by molar-refractivity contribution is 5.69. The summed E-state index contributed by atoms with van der Waals surface area (Å²) >= 11 is 0. The van der Waals surface area contributed by atoms with Crippen LogP contribution in [0.5, 0.6) is 0 Å². The van der Waals surface area contributed by atoms with E-state index < -0.39 is 36.0 Å². The van der Waals surface area contributed by atoms with Crippen molar-refractivity contribution >= 4 is 18.0 Å². The average molecular weight is 663 g/mol. The number of carbonyl (C=O) groups excluding carboxylic acids is 3. The standard InChI is InChI=1S/C37H62N2O8/c1-27(17-20-34(42)45-7)13-12-14-28(2)35(46-31(5)41)29(3)18-19-33(37(6,44)22-21-30(4)40)47-36(43)39-25-23-38(24-26-39)32-15-10-8-9-11-16-32/h12-14,18-19,27,29-30,32-33,35,40,44H,8-11,15-17,20-26H2,1-7H3/b13-12+,19-18+,28-14+/t27-,29+,30+,33+,35-,37-/m1/s1. The van der Waals surface area contributed by atoms with Crippen molar-refractivity contribution in [3.05, 3.63) is 36.0 Å². The molecule has 1 aliphatic carbocycles. The molecule has 0 aromatic carbocycles. The van der Waals surface area contributed by atoms with Gasteiger partial charge in [0.15, 0.2) is 6.10 Å². The molecule has 10 heteroatoms. The summed E-state index contributed by atoms with van der Waals surface area (Å²) in [4.78, 5) is 41.1. The fourth-order valence-electron chi connectivity index (χ4n) is 6.30. The molecule has 0 aromatic heterocycles. The van der Waals surface area contributed by atoms with E-state index in [-0.39, 0.29) is 24.2 Å². The summed E-state index contributed by atoms with van der Waals surface area (Å²) in [5.74, 6) is -0.818. The van der Waals surface area contributed by atoms with Gasteiger partial charge in [0, 0.05) is 51.5 Å². The largest absolute Gasteiger partial charge is 0.469 e. The molecular weight excluding hydrogens is 600 g/mol. The number of hydrogen-bond donors (Lipinski definition) is 2. The van der Waals surface area contributed by atoms with Crippen LogP contribution in [-0.2, 0) is 23.8 Å². The van der Waals surface area contributed by atoms with Gasteiger partial charge >= 0.3 is 18.0 Å². The van der Waals surface area contributed by atoms with E-state index in [2.05, 4.69) is 4.90 Å². The third kappa shape index (κ3) is 15.0. The Balaban J connectivity index is 2.15. The van der Waals surface area contributed by atoms with Crippen molar-refractivity contribution in [1.29, 1.82) is 0 Å².